The molecule has 0 aliphatic carbocycles. The van der Waals surface area contributed by atoms with Gasteiger partial charge in [-0.2, -0.15) is 0 Å². The van der Waals surface area contributed by atoms with Gasteiger partial charge in [0, 0.05) is 24.7 Å². The van der Waals surface area contributed by atoms with Gasteiger partial charge < -0.3 is 15.2 Å². The van der Waals surface area contributed by atoms with Crippen molar-refractivity contribution in [1.82, 2.24) is 5.32 Å². The van der Waals surface area contributed by atoms with Crippen molar-refractivity contribution in [1.29, 1.82) is 0 Å². The zero-order valence-electron chi connectivity index (χ0n) is 14.9. The predicted octanol–water partition coefficient (Wildman–Crippen LogP) is 3.81. The molecule has 0 heterocycles. The quantitative estimate of drug-likeness (QED) is 0.510. The monoisotopic (exact) mass is 380 g/mol. The zero-order chi connectivity index (χ0) is 18.2. The molecule has 2 unspecified atom stereocenters. The predicted molar refractivity (Wildman–Crippen MR) is 104 cm³/mol. The average Bonchev–Trinajstić information content (AvgIpc) is 2.62. The van der Waals surface area contributed by atoms with E-state index < -0.39 is 11.0 Å². The van der Waals surface area contributed by atoms with Gasteiger partial charge in [-0.05, 0) is 31.0 Å². The van der Waals surface area contributed by atoms with Crippen molar-refractivity contribution < 1.29 is 14.8 Å². The number of nitro groups is 1. The standard InChI is InChI=1S/C19H24N2O4.ClH/c1-3-19(15-6-4-14(2)5-7-15)20-12-17(22)13-25-18-10-8-16(9-11-18)21(23)24;/h4-11,17,19-20,22H,3,12-13H2,1-2H3;1H. The van der Waals surface area contributed by atoms with E-state index in [2.05, 4.69) is 43.4 Å². The van der Waals surface area contributed by atoms with Crippen LogP contribution in [0, 0.1) is 17.0 Å². The second kappa shape index (κ2) is 10.8. The van der Waals surface area contributed by atoms with Gasteiger partial charge in [-0.25, -0.2) is 0 Å². The third kappa shape index (κ3) is 6.63. The number of aliphatic hydroxyl groups is 1. The highest BCUT2D eigenvalue weighted by Crippen LogP contribution is 2.18. The maximum atomic E-state index is 10.6. The van der Waals surface area contributed by atoms with E-state index in [4.69, 9.17) is 4.74 Å². The zero-order valence-corrected chi connectivity index (χ0v) is 15.7. The Morgan fingerprint density at radius 3 is 2.31 bits per heavy atom. The van der Waals surface area contributed by atoms with E-state index in [1.807, 2.05) is 0 Å². The van der Waals surface area contributed by atoms with Gasteiger partial charge in [0.05, 0.1) is 4.92 Å². The molecule has 2 aromatic carbocycles. The van der Waals surface area contributed by atoms with E-state index >= 15 is 0 Å². The minimum Gasteiger partial charge on any atom is -0.491 e. The summed E-state index contributed by atoms with van der Waals surface area (Å²) >= 11 is 0. The smallest absolute Gasteiger partial charge is 0.269 e. The van der Waals surface area contributed by atoms with Crippen LogP contribution in [0.5, 0.6) is 5.75 Å². The Bertz CT molecular complexity index is 677. The summed E-state index contributed by atoms with van der Waals surface area (Å²) in [5.41, 5.74) is 2.42. The fraction of sp³-hybridized carbons (Fsp3) is 0.368. The largest absolute Gasteiger partial charge is 0.491 e. The molecule has 6 nitrogen and oxygen atoms in total. The minimum absolute atomic E-state index is 0. The Morgan fingerprint density at radius 2 is 1.77 bits per heavy atom. The van der Waals surface area contributed by atoms with Gasteiger partial charge in [0.2, 0.25) is 0 Å². The van der Waals surface area contributed by atoms with Crippen LogP contribution in [0.4, 0.5) is 5.69 Å². The van der Waals surface area contributed by atoms with E-state index in [0.29, 0.717) is 12.3 Å². The number of non-ortho nitro benzene ring substituents is 1. The van der Waals surface area contributed by atoms with Crippen molar-refractivity contribution >= 4 is 18.1 Å². The lowest BCUT2D eigenvalue weighted by atomic mass is 10.0. The summed E-state index contributed by atoms with van der Waals surface area (Å²) in [6.45, 7) is 4.67. The van der Waals surface area contributed by atoms with E-state index in [9.17, 15) is 15.2 Å². The van der Waals surface area contributed by atoms with E-state index in [0.717, 1.165) is 6.42 Å². The summed E-state index contributed by atoms with van der Waals surface area (Å²) in [5, 5.41) is 24.0. The van der Waals surface area contributed by atoms with Crippen molar-refractivity contribution in [3.63, 3.8) is 0 Å². The maximum absolute atomic E-state index is 10.6. The molecule has 2 aromatic rings. The third-order valence-corrected chi connectivity index (χ3v) is 3.98. The molecule has 142 valence electrons. The summed E-state index contributed by atoms with van der Waals surface area (Å²) < 4.78 is 5.48. The molecule has 0 spiro atoms. The summed E-state index contributed by atoms with van der Waals surface area (Å²) in [4.78, 5) is 10.1. The lowest BCUT2D eigenvalue weighted by Gasteiger charge is -2.20. The number of hydrogen-bond acceptors (Lipinski definition) is 5. The van der Waals surface area contributed by atoms with Crippen LogP contribution in [0.3, 0.4) is 0 Å². The summed E-state index contributed by atoms with van der Waals surface area (Å²) in [7, 11) is 0. The molecule has 0 aliphatic heterocycles. The lowest BCUT2D eigenvalue weighted by Crippen LogP contribution is -2.33. The van der Waals surface area contributed by atoms with Gasteiger partial charge in [0.25, 0.3) is 5.69 Å². The van der Waals surface area contributed by atoms with Crippen molar-refractivity contribution in [2.45, 2.75) is 32.4 Å². The maximum Gasteiger partial charge on any atom is 0.269 e. The van der Waals surface area contributed by atoms with Crippen LogP contribution in [0.15, 0.2) is 48.5 Å². The first-order chi connectivity index (χ1) is 12.0. The van der Waals surface area contributed by atoms with Gasteiger partial charge in [0.1, 0.15) is 18.5 Å². The van der Waals surface area contributed by atoms with Gasteiger partial charge in [-0.1, -0.05) is 36.8 Å². The molecule has 26 heavy (non-hydrogen) atoms. The van der Waals surface area contributed by atoms with Crippen LogP contribution >= 0.6 is 12.4 Å². The highest BCUT2D eigenvalue weighted by Gasteiger charge is 2.12. The number of hydrogen-bond donors (Lipinski definition) is 2. The molecule has 0 saturated carbocycles. The molecule has 0 aromatic heterocycles. The molecule has 0 saturated heterocycles. The first-order valence-electron chi connectivity index (χ1n) is 8.35. The first kappa shape index (κ1) is 21.9. The Balaban J connectivity index is 0.00000338. The van der Waals surface area contributed by atoms with Crippen LogP contribution in [0.25, 0.3) is 0 Å². The molecule has 2 atom stereocenters. The Kier molecular flexibility index (Phi) is 9.05. The molecule has 7 heteroatoms. The van der Waals surface area contributed by atoms with Crippen molar-refractivity contribution in [3.05, 3.63) is 69.8 Å². The van der Waals surface area contributed by atoms with Gasteiger partial charge in [-0.15, -0.1) is 12.4 Å². The average molecular weight is 381 g/mol. The second-order valence-corrected chi connectivity index (χ2v) is 6.00. The molecule has 0 fully saturated rings. The van der Waals surface area contributed by atoms with Crippen LogP contribution in [0.1, 0.15) is 30.5 Å². The van der Waals surface area contributed by atoms with E-state index in [1.54, 1.807) is 0 Å². The van der Waals surface area contributed by atoms with Gasteiger partial charge >= 0.3 is 0 Å². The molecule has 0 bridgehead atoms. The molecular weight excluding hydrogens is 356 g/mol. The van der Waals surface area contributed by atoms with Gasteiger partial charge in [-0.3, -0.25) is 10.1 Å². The van der Waals surface area contributed by atoms with Crippen LogP contribution < -0.4 is 10.1 Å². The summed E-state index contributed by atoms with van der Waals surface area (Å²) in [6, 6.07) is 14.3. The fourth-order valence-corrected chi connectivity index (χ4v) is 2.49. The van der Waals surface area contributed by atoms with Crippen LogP contribution in [0.2, 0.25) is 0 Å². The van der Waals surface area contributed by atoms with E-state index in [1.165, 1.54) is 35.4 Å². The summed E-state index contributed by atoms with van der Waals surface area (Å²) in [5.74, 6) is 0.496. The molecular formula is C19H25ClN2O4. The molecule has 0 radical (unpaired) electrons. The van der Waals surface area contributed by atoms with Crippen molar-refractivity contribution in [3.8, 4) is 5.75 Å². The Labute approximate surface area is 159 Å². The molecule has 2 N–H and O–H groups in total. The number of nitrogens with zero attached hydrogens (tertiary/aromatic N) is 1. The van der Waals surface area contributed by atoms with Crippen LogP contribution in [-0.2, 0) is 0 Å². The number of aliphatic hydroxyl groups excluding tert-OH is 1. The Morgan fingerprint density at radius 1 is 1.15 bits per heavy atom. The van der Waals surface area contributed by atoms with E-state index in [-0.39, 0.29) is 30.7 Å². The van der Waals surface area contributed by atoms with Crippen LogP contribution in [-0.4, -0.2) is 29.3 Å². The number of nitro benzene ring substituents is 1. The molecule has 2 rings (SSSR count). The lowest BCUT2D eigenvalue weighted by molar-refractivity contribution is -0.384. The number of rotatable bonds is 9. The SMILES string of the molecule is CCC(NCC(O)COc1ccc([N+](=O)[O-])cc1)c1ccc(C)cc1.Cl. The highest BCUT2D eigenvalue weighted by atomic mass is 35.5. The first-order valence-corrected chi connectivity index (χ1v) is 8.35. The topological polar surface area (TPSA) is 84.6 Å². The minimum atomic E-state index is -0.672. The van der Waals surface area contributed by atoms with Gasteiger partial charge in [0.15, 0.2) is 0 Å². The van der Waals surface area contributed by atoms with Crippen molar-refractivity contribution in [2.75, 3.05) is 13.2 Å². The molecule has 0 amide bonds. The highest BCUT2D eigenvalue weighted by molar-refractivity contribution is 5.85. The molecule has 0 aliphatic rings. The third-order valence-electron chi connectivity index (χ3n) is 3.98. The second-order valence-electron chi connectivity index (χ2n) is 6.00. The number of benzene rings is 2. The normalized spacial score (nSPS) is 12.7. The number of nitrogens with one attached hydrogen (secondary N) is 1. The fourth-order valence-electron chi connectivity index (χ4n) is 2.49. The summed E-state index contributed by atoms with van der Waals surface area (Å²) in [6.07, 6.45) is 0.244. The van der Waals surface area contributed by atoms with Crippen molar-refractivity contribution in [2.24, 2.45) is 0 Å². The number of aryl methyl sites for hydroxylation is 1. The Hall–Kier alpha value is -2.15. The number of halogens is 1. The number of ether oxygens (including phenoxy) is 1.